The molecule has 2 amide bonds. The molecule has 4 rings (SSSR count). The number of para-hydroxylation sites is 1. The van der Waals surface area contributed by atoms with Crippen LogP contribution in [-0.2, 0) is 4.79 Å². The third-order valence-electron chi connectivity index (χ3n) is 5.34. The van der Waals surface area contributed by atoms with Crippen molar-refractivity contribution in [2.24, 2.45) is 5.92 Å². The third-order valence-corrected chi connectivity index (χ3v) is 5.34. The lowest BCUT2D eigenvalue weighted by Crippen LogP contribution is -2.41. The highest BCUT2D eigenvalue weighted by atomic mass is 16.2. The number of piperidine rings is 1. The predicted molar refractivity (Wildman–Crippen MR) is 110 cm³/mol. The molecule has 0 saturated carbocycles. The van der Waals surface area contributed by atoms with Crippen LogP contribution < -0.4 is 5.32 Å². The number of aryl methyl sites for hydroxylation is 1. The van der Waals surface area contributed by atoms with Gasteiger partial charge in [-0.1, -0.05) is 35.9 Å². The van der Waals surface area contributed by atoms with E-state index in [2.05, 4.69) is 10.3 Å². The van der Waals surface area contributed by atoms with Crippen LogP contribution >= 0.6 is 0 Å². The second-order valence-corrected chi connectivity index (χ2v) is 7.30. The Labute approximate surface area is 164 Å². The molecule has 0 radical (unpaired) electrons. The number of anilines is 1. The van der Waals surface area contributed by atoms with Gasteiger partial charge < -0.3 is 10.2 Å². The number of carbonyl (C=O) groups is 2. The maximum atomic E-state index is 12.8. The van der Waals surface area contributed by atoms with E-state index in [1.807, 2.05) is 66.4 Å². The first-order valence-electron chi connectivity index (χ1n) is 9.62. The number of aromatic nitrogens is 1. The van der Waals surface area contributed by atoms with Gasteiger partial charge in [0.05, 0.1) is 11.2 Å². The summed E-state index contributed by atoms with van der Waals surface area (Å²) in [7, 11) is 0. The monoisotopic (exact) mass is 373 g/mol. The van der Waals surface area contributed by atoms with E-state index in [-0.39, 0.29) is 17.7 Å². The van der Waals surface area contributed by atoms with Crippen molar-refractivity contribution < 1.29 is 9.59 Å². The number of hydrogen-bond acceptors (Lipinski definition) is 3. The molecular weight excluding hydrogens is 350 g/mol. The van der Waals surface area contributed by atoms with Crippen LogP contribution in [0, 0.1) is 12.8 Å². The van der Waals surface area contributed by atoms with Gasteiger partial charge in [-0.25, -0.2) is 0 Å². The third kappa shape index (κ3) is 3.74. The van der Waals surface area contributed by atoms with Crippen LogP contribution in [0.5, 0.6) is 0 Å². The van der Waals surface area contributed by atoms with Crippen molar-refractivity contribution in [2.45, 2.75) is 19.8 Å². The Morgan fingerprint density at radius 2 is 1.71 bits per heavy atom. The first kappa shape index (κ1) is 18.2. The highest BCUT2D eigenvalue weighted by Crippen LogP contribution is 2.24. The largest absolute Gasteiger partial charge is 0.339 e. The molecule has 3 aromatic rings. The lowest BCUT2D eigenvalue weighted by Gasteiger charge is -2.31. The zero-order valence-corrected chi connectivity index (χ0v) is 15.9. The van der Waals surface area contributed by atoms with Gasteiger partial charge in [-0.2, -0.15) is 0 Å². The molecule has 28 heavy (non-hydrogen) atoms. The first-order valence-corrected chi connectivity index (χ1v) is 9.62. The van der Waals surface area contributed by atoms with E-state index in [4.69, 9.17) is 0 Å². The number of amides is 2. The molecule has 142 valence electrons. The summed E-state index contributed by atoms with van der Waals surface area (Å²) in [4.78, 5) is 31.6. The summed E-state index contributed by atoms with van der Waals surface area (Å²) in [5.41, 5.74) is 3.37. The molecule has 1 aliphatic heterocycles. The Bertz CT molecular complexity index is 1000. The number of fused-ring (bicyclic) bond motifs is 1. The van der Waals surface area contributed by atoms with Gasteiger partial charge in [0.25, 0.3) is 5.91 Å². The normalized spacial score (nSPS) is 14.8. The number of nitrogens with one attached hydrogen (secondary N) is 1. The number of carbonyl (C=O) groups excluding carboxylic acids is 2. The fourth-order valence-corrected chi connectivity index (χ4v) is 3.66. The molecule has 1 aromatic heterocycles. The number of nitrogens with zero attached hydrogens (tertiary/aromatic N) is 2. The van der Waals surface area contributed by atoms with Crippen LogP contribution in [-0.4, -0.2) is 34.8 Å². The molecule has 5 nitrogen and oxygen atoms in total. The Kier molecular flexibility index (Phi) is 5.06. The van der Waals surface area contributed by atoms with E-state index in [0.29, 0.717) is 31.5 Å². The minimum atomic E-state index is -0.0963. The molecule has 0 spiro atoms. The molecule has 0 bridgehead atoms. The number of hydrogen-bond donors (Lipinski definition) is 1. The van der Waals surface area contributed by atoms with Gasteiger partial charge in [0.1, 0.15) is 0 Å². The molecular formula is C23H23N3O2. The maximum absolute atomic E-state index is 12.8. The number of pyridine rings is 1. The van der Waals surface area contributed by atoms with E-state index >= 15 is 0 Å². The molecule has 2 aromatic carbocycles. The molecule has 1 N–H and O–H groups in total. The summed E-state index contributed by atoms with van der Waals surface area (Å²) >= 11 is 0. The van der Waals surface area contributed by atoms with E-state index in [9.17, 15) is 9.59 Å². The molecule has 0 aliphatic carbocycles. The highest BCUT2D eigenvalue weighted by molar-refractivity contribution is 6.01. The smallest absolute Gasteiger partial charge is 0.253 e. The van der Waals surface area contributed by atoms with Crippen LogP contribution in [0.1, 0.15) is 28.8 Å². The van der Waals surface area contributed by atoms with Crippen molar-refractivity contribution in [1.29, 1.82) is 0 Å². The highest BCUT2D eigenvalue weighted by Gasteiger charge is 2.28. The zero-order valence-electron chi connectivity index (χ0n) is 15.9. The van der Waals surface area contributed by atoms with E-state index in [1.165, 1.54) is 0 Å². The molecule has 1 saturated heterocycles. The predicted octanol–water partition coefficient (Wildman–Crippen LogP) is 4.03. The quantitative estimate of drug-likeness (QED) is 0.754. The summed E-state index contributed by atoms with van der Waals surface area (Å²) < 4.78 is 0. The van der Waals surface area contributed by atoms with Gasteiger partial charge >= 0.3 is 0 Å². The molecule has 1 fully saturated rings. The molecule has 0 unspecified atom stereocenters. The van der Waals surface area contributed by atoms with Gasteiger partial charge in [0, 0.05) is 36.2 Å². The van der Waals surface area contributed by atoms with Crippen LogP contribution in [0.2, 0.25) is 0 Å². The number of rotatable bonds is 3. The van der Waals surface area contributed by atoms with Crippen molar-refractivity contribution in [1.82, 2.24) is 9.88 Å². The number of likely N-dealkylation sites (tertiary alicyclic amines) is 1. The summed E-state index contributed by atoms with van der Waals surface area (Å²) in [5, 5.41) is 4.03. The zero-order chi connectivity index (χ0) is 19.5. The van der Waals surface area contributed by atoms with E-state index in [0.717, 1.165) is 22.2 Å². The van der Waals surface area contributed by atoms with E-state index < -0.39 is 0 Å². The van der Waals surface area contributed by atoms with Crippen LogP contribution in [0.3, 0.4) is 0 Å². The molecule has 2 heterocycles. The van der Waals surface area contributed by atoms with Crippen molar-refractivity contribution in [3.05, 3.63) is 71.9 Å². The van der Waals surface area contributed by atoms with Crippen LogP contribution in [0.15, 0.2) is 60.8 Å². The maximum Gasteiger partial charge on any atom is 0.253 e. The molecule has 5 heteroatoms. The van der Waals surface area contributed by atoms with Crippen molar-refractivity contribution >= 4 is 28.4 Å². The number of benzene rings is 2. The standard InChI is InChI=1S/C23H23N3O2/c1-16-7-9-19(10-8-16)23(28)26-14-11-18(12-15-26)22(27)25-20-6-2-4-17-5-3-13-24-21(17)20/h2-10,13,18H,11-12,14-15H2,1H3,(H,25,27). The Morgan fingerprint density at radius 1 is 1.00 bits per heavy atom. The van der Waals surface area contributed by atoms with Crippen LogP contribution in [0.25, 0.3) is 10.9 Å². The van der Waals surface area contributed by atoms with Gasteiger partial charge in [0.15, 0.2) is 0 Å². The SMILES string of the molecule is Cc1ccc(C(=O)N2CCC(C(=O)Nc3cccc4cccnc34)CC2)cc1. The summed E-state index contributed by atoms with van der Waals surface area (Å²) in [6.07, 6.45) is 3.07. The summed E-state index contributed by atoms with van der Waals surface area (Å²) in [6, 6.07) is 17.3. The Hall–Kier alpha value is -3.21. The lowest BCUT2D eigenvalue weighted by atomic mass is 9.95. The fourth-order valence-electron chi connectivity index (χ4n) is 3.66. The minimum absolute atomic E-state index is 0.000544. The first-order chi connectivity index (χ1) is 13.6. The van der Waals surface area contributed by atoms with Gasteiger partial charge in [0.2, 0.25) is 5.91 Å². The lowest BCUT2D eigenvalue weighted by molar-refractivity contribution is -0.121. The van der Waals surface area contributed by atoms with E-state index in [1.54, 1.807) is 6.20 Å². The van der Waals surface area contributed by atoms with Crippen molar-refractivity contribution in [2.75, 3.05) is 18.4 Å². The Balaban J connectivity index is 1.38. The van der Waals surface area contributed by atoms with Gasteiger partial charge in [-0.15, -0.1) is 0 Å². The van der Waals surface area contributed by atoms with Crippen molar-refractivity contribution in [3.8, 4) is 0 Å². The molecule has 0 atom stereocenters. The topological polar surface area (TPSA) is 62.3 Å². The Morgan fingerprint density at radius 3 is 2.46 bits per heavy atom. The van der Waals surface area contributed by atoms with Crippen LogP contribution in [0.4, 0.5) is 5.69 Å². The average molecular weight is 373 g/mol. The van der Waals surface area contributed by atoms with Gasteiger partial charge in [-0.3, -0.25) is 14.6 Å². The second kappa shape index (κ2) is 7.80. The summed E-state index contributed by atoms with van der Waals surface area (Å²) in [6.45, 7) is 3.20. The average Bonchev–Trinajstić information content (AvgIpc) is 2.74. The summed E-state index contributed by atoms with van der Waals surface area (Å²) in [5.74, 6) is -0.0567. The molecule has 1 aliphatic rings. The fraction of sp³-hybridized carbons (Fsp3) is 0.261. The van der Waals surface area contributed by atoms with Crippen molar-refractivity contribution in [3.63, 3.8) is 0 Å². The van der Waals surface area contributed by atoms with Gasteiger partial charge in [-0.05, 0) is 44.0 Å². The second-order valence-electron chi connectivity index (χ2n) is 7.30. The minimum Gasteiger partial charge on any atom is -0.339 e.